The van der Waals surface area contributed by atoms with Crippen molar-refractivity contribution in [3.05, 3.63) is 0 Å². The van der Waals surface area contributed by atoms with Gasteiger partial charge in [-0.05, 0) is 32.4 Å². The number of nitrogens with one attached hydrogen (secondary N) is 1. The summed E-state index contributed by atoms with van der Waals surface area (Å²) in [6.07, 6.45) is 2.43. The van der Waals surface area contributed by atoms with E-state index in [4.69, 9.17) is 4.74 Å². The molecule has 0 aliphatic heterocycles. The van der Waals surface area contributed by atoms with E-state index in [-0.39, 0.29) is 0 Å². The summed E-state index contributed by atoms with van der Waals surface area (Å²) in [5.41, 5.74) is 0. The Bertz CT molecular complexity index is 58.3. The second-order valence-electron chi connectivity index (χ2n) is 2.78. The van der Waals surface area contributed by atoms with Crippen LogP contribution in [-0.2, 0) is 4.74 Å². The van der Waals surface area contributed by atoms with Crippen LogP contribution in [0.25, 0.3) is 0 Å². The smallest absolute Gasteiger partial charge is 0.0464 e. The van der Waals surface area contributed by atoms with Crippen LogP contribution in [0, 0.1) is 5.92 Å². The Morgan fingerprint density at radius 2 is 2.10 bits per heavy atom. The Balaban J connectivity index is 3.00. The average Bonchev–Trinajstić information content (AvgIpc) is 1.97. The maximum absolute atomic E-state index is 4.97. The molecule has 0 saturated carbocycles. The van der Waals surface area contributed by atoms with Crippen molar-refractivity contribution in [2.45, 2.75) is 19.8 Å². The van der Waals surface area contributed by atoms with Crippen LogP contribution in [0.2, 0.25) is 0 Å². The van der Waals surface area contributed by atoms with E-state index in [2.05, 4.69) is 12.2 Å². The minimum absolute atomic E-state index is 0.785. The molecule has 0 saturated heterocycles. The van der Waals surface area contributed by atoms with Gasteiger partial charge in [-0.2, -0.15) is 0 Å². The number of rotatable bonds is 6. The molecule has 0 spiro atoms. The zero-order chi connectivity index (χ0) is 7.82. The van der Waals surface area contributed by atoms with E-state index in [0.29, 0.717) is 0 Å². The van der Waals surface area contributed by atoms with Gasteiger partial charge in [0, 0.05) is 13.7 Å². The zero-order valence-electron chi connectivity index (χ0n) is 7.31. The normalized spacial score (nSPS) is 13.5. The van der Waals surface area contributed by atoms with E-state index in [1.54, 1.807) is 7.11 Å². The molecule has 0 aromatic rings. The highest BCUT2D eigenvalue weighted by Gasteiger charge is 1.99. The van der Waals surface area contributed by atoms with Crippen molar-refractivity contribution in [1.82, 2.24) is 5.32 Å². The third-order valence-corrected chi connectivity index (χ3v) is 1.70. The summed E-state index contributed by atoms with van der Waals surface area (Å²) >= 11 is 0. The van der Waals surface area contributed by atoms with Gasteiger partial charge in [0.15, 0.2) is 0 Å². The van der Waals surface area contributed by atoms with Crippen LogP contribution in [0.1, 0.15) is 19.8 Å². The lowest BCUT2D eigenvalue weighted by Crippen LogP contribution is -2.12. The third-order valence-electron chi connectivity index (χ3n) is 1.70. The van der Waals surface area contributed by atoms with Gasteiger partial charge in [-0.15, -0.1) is 0 Å². The van der Waals surface area contributed by atoms with Crippen molar-refractivity contribution in [1.29, 1.82) is 0 Å². The Morgan fingerprint density at radius 3 is 2.60 bits per heavy atom. The van der Waals surface area contributed by atoms with Crippen molar-refractivity contribution in [2.75, 3.05) is 27.3 Å². The summed E-state index contributed by atoms with van der Waals surface area (Å²) in [6, 6.07) is 0. The standard InChI is InChI=1S/C8H19NO/c1-8(4-6-9-2)5-7-10-3/h8-9H,4-7H2,1-3H3. The molecule has 10 heavy (non-hydrogen) atoms. The van der Waals surface area contributed by atoms with Gasteiger partial charge < -0.3 is 10.1 Å². The fourth-order valence-electron chi connectivity index (χ4n) is 0.854. The van der Waals surface area contributed by atoms with E-state index >= 15 is 0 Å². The Labute approximate surface area is 64.0 Å². The van der Waals surface area contributed by atoms with Gasteiger partial charge in [0.25, 0.3) is 0 Å². The topological polar surface area (TPSA) is 21.3 Å². The monoisotopic (exact) mass is 145 g/mol. The lowest BCUT2D eigenvalue weighted by Gasteiger charge is -2.08. The molecule has 0 radical (unpaired) electrons. The SMILES string of the molecule is CNCCC(C)CCOC. The fraction of sp³-hybridized carbons (Fsp3) is 1.00. The molecule has 0 aliphatic carbocycles. The number of methoxy groups -OCH3 is 1. The van der Waals surface area contributed by atoms with E-state index in [0.717, 1.165) is 19.1 Å². The molecular weight excluding hydrogens is 126 g/mol. The summed E-state index contributed by atoms with van der Waals surface area (Å²) in [5.74, 6) is 0.785. The van der Waals surface area contributed by atoms with Crippen molar-refractivity contribution < 1.29 is 4.74 Å². The average molecular weight is 145 g/mol. The summed E-state index contributed by atoms with van der Waals surface area (Å²) in [5, 5.41) is 3.13. The lowest BCUT2D eigenvalue weighted by molar-refractivity contribution is 0.178. The largest absolute Gasteiger partial charge is 0.385 e. The summed E-state index contributed by atoms with van der Waals surface area (Å²) in [6.45, 7) is 4.27. The zero-order valence-corrected chi connectivity index (χ0v) is 7.31. The van der Waals surface area contributed by atoms with Crippen LogP contribution in [0.3, 0.4) is 0 Å². The molecule has 62 valence electrons. The maximum atomic E-state index is 4.97. The molecule has 2 heteroatoms. The van der Waals surface area contributed by atoms with Crippen molar-refractivity contribution in [2.24, 2.45) is 5.92 Å². The number of hydrogen-bond donors (Lipinski definition) is 1. The first-order valence-electron chi connectivity index (χ1n) is 3.94. The lowest BCUT2D eigenvalue weighted by atomic mass is 10.1. The first-order valence-corrected chi connectivity index (χ1v) is 3.94. The molecule has 0 bridgehead atoms. The minimum Gasteiger partial charge on any atom is -0.385 e. The molecule has 0 aliphatic rings. The quantitative estimate of drug-likeness (QED) is 0.607. The van der Waals surface area contributed by atoms with Gasteiger partial charge in [0.1, 0.15) is 0 Å². The van der Waals surface area contributed by atoms with Gasteiger partial charge in [-0.1, -0.05) is 6.92 Å². The first-order chi connectivity index (χ1) is 4.81. The first kappa shape index (κ1) is 9.92. The molecule has 1 N–H and O–H groups in total. The summed E-state index contributed by atoms with van der Waals surface area (Å²) < 4.78 is 4.97. The van der Waals surface area contributed by atoms with E-state index < -0.39 is 0 Å². The molecule has 0 aromatic carbocycles. The van der Waals surface area contributed by atoms with Crippen molar-refractivity contribution in [3.63, 3.8) is 0 Å². The molecule has 0 heterocycles. The van der Waals surface area contributed by atoms with Crippen LogP contribution < -0.4 is 5.32 Å². The van der Waals surface area contributed by atoms with Gasteiger partial charge >= 0.3 is 0 Å². The fourth-order valence-corrected chi connectivity index (χ4v) is 0.854. The second-order valence-corrected chi connectivity index (χ2v) is 2.78. The minimum atomic E-state index is 0.785. The summed E-state index contributed by atoms with van der Waals surface area (Å²) in [7, 11) is 3.74. The highest BCUT2D eigenvalue weighted by atomic mass is 16.5. The van der Waals surface area contributed by atoms with Crippen LogP contribution >= 0.6 is 0 Å². The van der Waals surface area contributed by atoms with Crippen LogP contribution in [-0.4, -0.2) is 27.3 Å². The van der Waals surface area contributed by atoms with Crippen LogP contribution in [0.15, 0.2) is 0 Å². The molecule has 2 nitrogen and oxygen atoms in total. The predicted molar refractivity (Wildman–Crippen MR) is 44.2 cm³/mol. The van der Waals surface area contributed by atoms with E-state index in [1.807, 2.05) is 7.05 Å². The Morgan fingerprint density at radius 1 is 1.40 bits per heavy atom. The summed E-state index contributed by atoms with van der Waals surface area (Å²) in [4.78, 5) is 0. The Hall–Kier alpha value is -0.0800. The highest BCUT2D eigenvalue weighted by Crippen LogP contribution is 2.05. The molecular formula is C8H19NO. The highest BCUT2D eigenvalue weighted by molar-refractivity contribution is 4.53. The van der Waals surface area contributed by atoms with Crippen LogP contribution in [0.5, 0.6) is 0 Å². The number of hydrogen-bond acceptors (Lipinski definition) is 2. The predicted octanol–water partition coefficient (Wildman–Crippen LogP) is 1.27. The number of ether oxygens (including phenoxy) is 1. The van der Waals surface area contributed by atoms with Crippen molar-refractivity contribution in [3.8, 4) is 0 Å². The molecule has 1 atom stereocenters. The van der Waals surface area contributed by atoms with E-state index in [1.165, 1.54) is 12.8 Å². The van der Waals surface area contributed by atoms with E-state index in [9.17, 15) is 0 Å². The van der Waals surface area contributed by atoms with Gasteiger partial charge in [0.2, 0.25) is 0 Å². The van der Waals surface area contributed by atoms with Gasteiger partial charge in [0.05, 0.1) is 0 Å². The molecule has 0 amide bonds. The van der Waals surface area contributed by atoms with Crippen LogP contribution in [0.4, 0.5) is 0 Å². The maximum Gasteiger partial charge on any atom is 0.0464 e. The van der Waals surface area contributed by atoms with Gasteiger partial charge in [-0.3, -0.25) is 0 Å². The second kappa shape index (κ2) is 7.03. The molecule has 0 rings (SSSR count). The molecule has 0 fully saturated rings. The third kappa shape index (κ3) is 6.05. The molecule has 1 unspecified atom stereocenters. The molecule has 0 aromatic heterocycles. The van der Waals surface area contributed by atoms with Crippen molar-refractivity contribution >= 4 is 0 Å². The van der Waals surface area contributed by atoms with Gasteiger partial charge in [-0.25, -0.2) is 0 Å². The Kier molecular flexibility index (Phi) is 6.98.